The number of likely N-dealkylation sites (tertiary alicyclic amines) is 2. The molecule has 3 aliphatic rings. The zero-order valence-electron chi connectivity index (χ0n) is 16.1. The van der Waals surface area contributed by atoms with E-state index in [1.54, 1.807) is 0 Å². The molecule has 0 aromatic carbocycles. The molecule has 0 bridgehead atoms. The second kappa shape index (κ2) is 6.86. The molecule has 1 saturated carbocycles. The van der Waals surface area contributed by atoms with E-state index < -0.39 is 5.60 Å². The first-order chi connectivity index (χ1) is 11.2. The molecule has 138 valence electrons. The lowest BCUT2D eigenvalue weighted by molar-refractivity contribution is 0.0108. The molecule has 1 aliphatic carbocycles. The predicted octanol–water partition coefficient (Wildman–Crippen LogP) is 4.15. The van der Waals surface area contributed by atoms with Crippen LogP contribution in [-0.2, 0) is 4.74 Å². The molecule has 3 rings (SSSR count). The smallest absolute Gasteiger partial charge is 0.410 e. The van der Waals surface area contributed by atoms with Crippen molar-refractivity contribution < 1.29 is 9.53 Å². The Hall–Kier alpha value is -0.770. The third-order valence-electron chi connectivity index (χ3n) is 6.31. The Morgan fingerprint density at radius 1 is 1.12 bits per heavy atom. The highest BCUT2D eigenvalue weighted by Gasteiger charge is 2.42. The fourth-order valence-electron chi connectivity index (χ4n) is 4.94. The van der Waals surface area contributed by atoms with Crippen molar-refractivity contribution in [2.24, 2.45) is 17.3 Å². The first kappa shape index (κ1) is 18.0. The van der Waals surface area contributed by atoms with Crippen molar-refractivity contribution in [3.8, 4) is 0 Å². The second-order valence-electron chi connectivity index (χ2n) is 9.74. The van der Waals surface area contributed by atoms with Crippen LogP contribution in [0.15, 0.2) is 0 Å². The highest BCUT2D eigenvalue weighted by Crippen LogP contribution is 2.42. The molecule has 1 spiro atoms. The number of carbonyl (C=O) groups is 1. The van der Waals surface area contributed by atoms with Gasteiger partial charge in [0.15, 0.2) is 0 Å². The number of hydrogen-bond acceptors (Lipinski definition) is 3. The van der Waals surface area contributed by atoms with E-state index in [0.29, 0.717) is 5.41 Å². The lowest BCUT2D eigenvalue weighted by Gasteiger charge is -2.39. The van der Waals surface area contributed by atoms with Gasteiger partial charge in [-0.1, -0.05) is 13.3 Å². The summed E-state index contributed by atoms with van der Waals surface area (Å²) in [5, 5.41) is 0. The molecular formula is C20H36N2O2. The second-order valence-corrected chi connectivity index (χ2v) is 9.74. The molecule has 2 heterocycles. The van der Waals surface area contributed by atoms with Crippen molar-refractivity contribution in [2.75, 3.05) is 32.7 Å². The van der Waals surface area contributed by atoms with Gasteiger partial charge in [0.05, 0.1) is 0 Å². The molecule has 2 aliphatic heterocycles. The lowest BCUT2D eigenvalue weighted by Crippen LogP contribution is -2.46. The van der Waals surface area contributed by atoms with E-state index in [1.165, 1.54) is 45.3 Å². The third-order valence-corrected chi connectivity index (χ3v) is 6.31. The van der Waals surface area contributed by atoms with Crippen LogP contribution in [0.2, 0.25) is 0 Å². The van der Waals surface area contributed by atoms with E-state index in [2.05, 4.69) is 11.8 Å². The highest BCUT2D eigenvalue weighted by molar-refractivity contribution is 5.68. The summed E-state index contributed by atoms with van der Waals surface area (Å²) >= 11 is 0. The normalized spacial score (nSPS) is 30.9. The maximum absolute atomic E-state index is 12.2. The van der Waals surface area contributed by atoms with Crippen LogP contribution < -0.4 is 0 Å². The molecule has 2 saturated heterocycles. The van der Waals surface area contributed by atoms with E-state index in [-0.39, 0.29) is 6.09 Å². The van der Waals surface area contributed by atoms with Gasteiger partial charge in [-0.15, -0.1) is 0 Å². The van der Waals surface area contributed by atoms with Crippen molar-refractivity contribution in [3.05, 3.63) is 0 Å². The van der Waals surface area contributed by atoms with Crippen LogP contribution in [-0.4, -0.2) is 54.2 Å². The minimum Gasteiger partial charge on any atom is -0.444 e. The number of carbonyl (C=O) groups excluding carboxylic acids is 1. The Labute approximate surface area is 147 Å². The number of hydrogen-bond donors (Lipinski definition) is 0. The van der Waals surface area contributed by atoms with Crippen LogP contribution >= 0.6 is 0 Å². The van der Waals surface area contributed by atoms with Gasteiger partial charge in [0.25, 0.3) is 0 Å². The van der Waals surface area contributed by atoms with E-state index in [9.17, 15) is 4.79 Å². The third kappa shape index (κ3) is 4.44. The number of piperidine rings is 1. The van der Waals surface area contributed by atoms with Crippen LogP contribution in [0.25, 0.3) is 0 Å². The predicted molar refractivity (Wildman–Crippen MR) is 97.0 cm³/mol. The Bertz CT molecular complexity index is 449. The summed E-state index contributed by atoms with van der Waals surface area (Å²) in [6, 6.07) is 0. The maximum Gasteiger partial charge on any atom is 0.410 e. The van der Waals surface area contributed by atoms with Crippen LogP contribution in [0.4, 0.5) is 4.79 Å². The molecule has 24 heavy (non-hydrogen) atoms. The molecule has 2 atom stereocenters. The molecule has 4 heteroatoms. The van der Waals surface area contributed by atoms with Crippen molar-refractivity contribution in [1.82, 2.24) is 9.80 Å². The van der Waals surface area contributed by atoms with E-state index in [4.69, 9.17) is 4.74 Å². The Balaban J connectivity index is 1.45. The summed E-state index contributed by atoms with van der Waals surface area (Å²) in [5.74, 6) is 1.86. The van der Waals surface area contributed by atoms with E-state index in [0.717, 1.165) is 37.8 Å². The lowest BCUT2D eigenvalue weighted by atomic mass is 9.78. The van der Waals surface area contributed by atoms with E-state index >= 15 is 0 Å². The fraction of sp³-hybridized carbons (Fsp3) is 0.950. The first-order valence-corrected chi connectivity index (χ1v) is 9.95. The Kier molecular flexibility index (Phi) is 5.15. The standard InChI is InChI=1S/C20H36N2O2/c1-16-5-6-17(13-16)14-21-10-7-20(15-21)8-11-22(12-9-20)18(23)24-19(2,3)4/h16-17H,5-15H2,1-4H3. The number of ether oxygens (including phenoxy) is 1. The molecule has 0 aromatic heterocycles. The molecule has 1 amide bonds. The quantitative estimate of drug-likeness (QED) is 0.759. The number of amides is 1. The molecule has 0 N–H and O–H groups in total. The van der Waals surface area contributed by atoms with Crippen LogP contribution in [0.3, 0.4) is 0 Å². The average molecular weight is 337 g/mol. The van der Waals surface area contributed by atoms with Gasteiger partial charge >= 0.3 is 6.09 Å². The monoisotopic (exact) mass is 336 g/mol. The summed E-state index contributed by atoms with van der Waals surface area (Å²) in [6.45, 7) is 13.8. The van der Waals surface area contributed by atoms with Crippen LogP contribution in [0.5, 0.6) is 0 Å². The summed E-state index contributed by atoms with van der Waals surface area (Å²) < 4.78 is 5.52. The summed E-state index contributed by atoms with van der Waals surface area (Å²) in [4.78, 5) is 16.9. The zero-order valence-corrected chi connectivity index (χ0v) is 16.1. The van der Waals surface area contributed by atoms with Gasteiger partial charge in [-0.3, -0.25) is 0 Å². The largest absolute Gasteiger partial charge is 0.444 e. The number of rotatable bonds is 2. The van der Waals surface area contributed by atoms with Gasteiger partial charge in [0.2, 0.25) is 0 Å². The minimum atomic E-state index is -0.394. The molecule has 0 aromatic rings. The molecule has 3 fully saturated rings. The van der Waals surface area contributed by atoms with Crippen LogP contribution in [0.1, 0.15) is 66.2 Å². The van der Waals surface area contributed by atoms with Crippen molar-refractivity contribution in [3.63, 3.8) is 0 Å². The zero-order chi connectivity index (χ0) is 17.4. The van der Waals surface area contributed by atoms with Crippen molar-refractivity contribution >= 4 is 6.09 Å². The van der Waals surface area contributed by atoms with Gasteiger partial charge in [-0.25, -0.2) is 4.79 Å². The summed E-state index contributed by atoms with van der Waals surface area (Å²) in [7, 11) is 0. The van der Waals surface area contributed by atoms with E-state index in [1.807, 2.05) is 25.7 Å². The fourth-order valence-corrected chi connectivity index (χ4v) is 4.94. The molecular weight excluding hydrogens is 300 g/mol. The SMILES string of the molecule is CC1CCC(CN2CCC3(CCN(C(=O)OC(C)(C)C)CC3)C2)C1. The van der Waals surface area contributed by atoms with Crippen molar-refractivity contribution in [1.29, 1.82) is 0 Å². The van der Waals surface area contributed by atoms with Gasteiger partial charge in [-0.05, 0) is 76.7 Å². The average Bonchev–Trinajstić information content (AvgIpc) is 3.05. The summed E-state index contributed by atoms with van der Waals surface area (Å²) in [5.41, 5.74) is 0.0670. The highest BCUT2D eigenvalue weighted by atomic mass is 16.6. The van der Waals surface area contributed by atoms with Gasteiger partial charge in [-0.2, -0.15) is 0 Å². The van der Waals surface area contributed by atoms with Crippen LogP contribution in [0, 0.1) is 17.3 Å². The maximum atomic E-state index is 12.2. The molecule has 0 radical (unpaired) electrons. The minimum absolute atomic E-state index is 0.132. The Morgan fingerprint density at radius 3 is 2.38 bits per heavy atom. The molecule has 4 nitrogen and oxygen atoms in total. The topological polar surface area (TPSA) is 32.8 Å². The summed E-state index contributed by atoms with van der Waals surface area (Å²) in [6.07, 6.45) is 7.75. The van der Waals surface area contributed by atoms with Gasteiger partial charge in [0, 0.05) is 26.2 Å². The van der Waals surface area contributed by atoms with Gasteiger partial charge < -0.3 is 14.5 Å². The number of nitrogens with zero attached hydrogens (tertiary/aromatic N) is 2. The molecule has 2 unspecified atom stereocenters. The van der Waals surface area contributed by atoms with Gasteiger partial charge in [0.1, 0.15) is 5.60 Å². The van der Waals surface area contributed by atoms with Crippen molar-refractivity contribution in [2.45, 2.75) is 71.8 Å². The Morgan fingerprint density at radius 2 is 1.79 bits per heavy atom. The first-order valence-electron chi connectivity index (χ1n) is 9.95.